The Labute approximate surface area is 273 Å². The van der Waals surface area contributed by atoms with Crippen LogP contribution in [0.5, 0.6) is 0 Å². The molecule has 0 amide bonds. The number of alkyl halides is 2. The van der Waals surface area contributed by atoms with Crippen molar-refractivity contribution in [3.8, 4) is 22.3 Å². The number of aromatic nitrogens is 10. The number of pyridine rings is 4. The third kappa shape index (κ3) is 7.04. The first kappa shape index (κ1) is 31.5. The lowest BCUT2D eigenvalue weighted by molar-refractivity contribution is 0.472. The molecule has 14 heteroatoms. The summed E-state index contributed by atoms with van der Waals surface area (Å²) >= 11 is 5.86. The molecule has 238 valence electrons. The van der Waals surface area contributed by atoms with Crippen molar-refractivity contribution >= 4 is 45.3 Å². The molecule has 0 saturated heterocycles. The fraction of sp³-hybridized carbons (Fsp3) is 0.212. The highest BCUT2D eigenvalue weighted by atomic mass is 35.5. The molecule has 7 heterocycles. The quantitative estimate of drug-likeness (QED) is 0.176. The lowest BCUT2D eigenvalue weighted by atomic mass is 10.1. The summed E-state index contributed by atoms with van der Waals surface area (Å²) in [7, 11) is 3.52. The van der Waals surface area contributed by atoms with Crippen LogP contribution in [0.2, 0.25) is 5.15 Å². The molecule has 0 unspecified atom stereocenters. The summed E-state index contributed by atoms with van der Waals surface area (Å²) in [6, 6.07) is 12.9. The van der Waals surface area contributed by atoms with Crippen LogP contribution in [0.4, 0.5) is 20.4 Å². The molecule has 0 saturated carbocycles. The van der Waals surface area contributed by atoms with Crippen LogP contribution in [0.25, 0.3) is 44.3 Å². The van der Waals surface area contributed by atoms with Crippen LogP contribution in [-0.4, -0.2) is 49.7 Å². The van der Waals surface area contributed by atoms with Crippen LogP contribution < -0.4 is 5.32 Å². The van der Waals surface area contributed by atoms with Crippen LogP contribution in [-0.2, 0) is 27.4 Å². The highest BCUT2D eigenvalue weighted by molar-refractivity contribution is 6.29. The molecule has 0 bridgehead atoms. The number of nitrogens with one attached hydrogen (secondary N) is 1. The number of hydrogen-bond acceptors (Lipinski definition) is 9. The number of rotatable bonds is 7. The van der Waals surface area contributed by atoms with Crippen molar-refractivity contribution in [2.75, 3.05) is 5.32 Å². The number of anilines is 2. The predicted molar refractivity (Wildman–Crippen MR) is 178 cm³/mol. The van der Waals surface area contributed by atoms with E-state index in [-0.39, 0.29) is 0 Å². The van der Waals surface area contributed by atoms with Gasteiger partial charge in [-0.25, -0.2) is 18.7 Å². The van der Waals surface area contributed by atoms with Crippen molar-refractivity contribution in [3.05, 3.63) is 95.6 Å². The molecular formula is C33H30ClF2N11. The lowest BCUT2D eigenvalue weighted by Gasteiger charge is -2.09. The fourth-order valence-corrected chi connectivity index (χ4v) is 5.15. The van der Waals surface area contributed by atoms with Crippen LogP contribution in [0.15, 0.2) is 73.4 Å². The van der Waals surface area contributed by atoms with E-state index in [2.05, 4.69) is 59.5 Å². The summed E-state index contributed by atoms with van der Waals surface area (Å²) in [5.74, 6) is 1.63. The SMILES string of the molecule is CC(C)c1cnnc(Nc2ccc3ncc(-c4cn(C)nc4CF)cc3n2)c1.Cn1cc(-c2cnc3ccc(Cl)nc3c2)c(CF)n1. The highest BCUT2D eigenvalue weighted by Gasteiger charge is 2.13. The Balaban J connectivity index is 0.000000177. The molecule has 0 aliphatic rings. The Morgan fingerprint density at radius 2 is 1.30 bits per heavy atom. The predicted octanol–water partition coefficient (Wildman–Crippen LogP) is 7.31. The molecule has 0 atom stereocenters. The number of halogens is 3. The topological polar surface area (TPSA) is 125 Å². The van der Waals surface area contributed by atoms with Gasteiger partial charge in [-0.05, 0) is 53.9 Å². The van der Waals surface area contributed by atoms with E-state index in [1.807, 2.05) is 30.3 Å². The van der Waals surface area contributed by atoms with Crippen molar-refractivity contribution < 1.29 is 8.78 Å². The third-order valence-electron chi connectivity index (χ3n) is 7.32. The molecule has 0 radical (unpaired) electrons. The minimum atomic E-state index is -0.631. The molecule has 7 rings (SSSR count). The largest absolute Gasteiger partial charge is 0.323 e. The summed E-state index contributed by atoms with van der Waals surface area (Å²) in [6.07, 6.45) is 8.71. The molecule has 0 fully saturated rings. The summed E-state index contributed by atoms with van der Waals surface area (Å²) in [5, 5.41) is 20.0. The van der Waals surface area contributed by atoms with E-state index in [4.69, 9.17) is 11.6 Å². The van der Waals surface area contributed by atoms with Gasteiger partial charge in [-0.15, -0.1) is 5.10 Å². The molecule has 0 aliphatic heterocycles. The Kier molecular flexibility index (Phi) is 9.07. The minimum absolute atomic E-state index is 0.358. The van der Waals surface area contributed by atoms with E-state index in [0.717, 1.165) is 38.9 Å². The van der Waals surface area contributed by atoms with Gasteiger partial charge in [0.05, 0.1) is 28.3 Å². The maximum atomic E-state index is 13.3. The molecule has 0 aromatic carbocycles. The Hall–Kier alpha value is -5.43. The molecule has 1 N–H and O–H groups in total. The first-order valence-corrected chi connectivity index (χ1v) is 15.0. The molecule has 0 spiro atoms. The highest BCUT2D eigenvalue weighted by Crippen LogP contribution is 2.28. The van der Waals surface area contributed by atoms with Crippen molar-refractivity contribution in [2.24, 2.45) is 14.1 Å². The molecule has 7 aromatic rings. The zero-order chi connectivity index (χ0) is 33.1. The van der Waals surface area contributed by atoms with Gasteiger partial charge in [0.15, 0.2) is 5.82 Å². The van der Waals surface area contributed by atoms with Crippen molar-refractivity contribution in [3.63, 3.8) is 0 Å². The Bertz CT molecular complexity index is 2200. The molecule has 47 heavy (non-hydrogen) atoms. The number of nitrogens with zero attached hydrogens (tertiary/aromatic N) is 10. The van der Waals surface area contributed by atoms with Gasteiger partial charge in [0, 0.05) is 61.1 Å². The van der Waals surface area contributed by atoms with E-state index in [1.54, 1.807) is 66.6 Å². The van der Waals surface area contributed by atoms with Crippen molar-refractivity contribution in [1.29, 1.82) is 0 Å². The van der Waals surface area contributed by atoms with Gasteiger partial charge < -0.3 is 5.32 Å². The number of aryl methyl sites for hydroxylation is 2. The standard InChI is InChI=1S/C20H20FN7.C13H10ClFN4/c1-12(2)13-7-20(26-23-10-13)25-19-5-4-16-17(24-19)6-14(9-22-16)15-11-28(3)27-18(15)8-21;1-19-7-9(12(5-15)18-19)8-4-11-10(16-6-8)2-3-13(14)17-11/h4-7,9-12H,8H2,1-3H3,(H,24,25,26);2-4,6-7H,5H2,1H3. The summed E-state index contributed by atoms with van der Waals surface area (Å²) < 4.78 is 29.4. The molecule has 11 nitrogen and oxygen atoms in total. The van der Waals surface area contributed by atoms with Gasteiger partial charge in [-0.1, -0.05) is 25.4 Å². The van der Waals surface area contributed by atoms with Gasteiger partial charge in [0.1, 0.15) is 35.7 Å². The number of fused-ring (bicyclic) bond motifs is 2. The van der Waals surface area contributed by atoms with Gasteiger partial charge in [-0.3, -0.25) is 19.3 Å². The maximum Gasteiger partial charge on any atom is 0.154 e. The second-order valence-corrected chi connectivity index (χ2v) is 11.5. The second-order valence-electron chi connectivity index (χ2n) is 11.1. The molecule has 0 aliphatic carbocycles. The van der Waals surface area contributed by atoms with Gasteiger partial charge >= 0.3 is 0 Å². The van der Waals surface area contributed by atoms with Crippen molar-refractivity contribution in [2.45, 2.75) is 33.1 Å². The first-order chi connectivity index (χ1) is 22.7. The summed E-state index contributed by atoms with van der Waals surface area (Å²) in [6.45, 7) is 2.96. The molecular weight excluding hydrogens is 624 g/mol. The smallest absolute Gasteiger partial charge is 0.154 e. The van der Waals surface area contributed by atoms with E-state index in [1.165, 1.54) is 0 Å². The Morgan fingerprint density at radius 3 is 1.87 bits per heavy atom. The average molecular weight is 654 g/mol. The maximum absolute atomic E-state index is 13.3. The minimum Gasteiger partial charge on any atom is -0.323 e. The zero-order valence-electron chi connectivity index (χ0n) is 26.0. The van der Waals surface area contributed by atoms with Crippen LogP contribution in [0.1, 0.15) is 36.7 Å². The van der Waals surface area contributed by atoms with Gasteiger partial charge in [0.2, 0.25) is 0 Å². The normalized spacial score (nSPS) is 11.2. The van der Waals surface area contributed by atoms with E-state index in [0.29, 0.717) is 45.1 Å². The van der Waals surface area contributed by atoms with Gasteiger partial charge in [-0.2, -0.15) is 15.3 Å². The monoisotopic (exact) mass is 653 g/mol. The first-order valence-electron chi connectivity index (χ1n) is 14.7. The van der Waals surface area contributed by atoms with E-state index in [9.17, 15) is 8.78 Å². The van der Waals surface area contributed by atoms with E-state index >= 15 is 0 Å². The molecule has 7 aromatic heterocycles. The summed E-state index contributed by atoms with van der Waals surface area (Å²) in [5.41, 5.74) is 7.75. The second kappa shape index (κ2) is 13.5. The van der Waals surface area contributed by atoms with Crippen LogP contribution in [0.3, 0.4) is 0 Å². The Morgan fingerprint density at radius 1 is 0.723 bits per heavy atom. The summed E-state index contributed by atoms with van der Waals surface area (Å²) in [4.78, 5) is 17.6. The zero-order valence-corrected chi connectivity index (χ0v) is 26.8. The third-order valence-corrected chi connectivity index (χ3v) is 7.54. The average Bonchev–Trinajstić information content (AvgIpc) is 3.66. The fourth-order valence-electron chi connectivity index (χ4n) is 4.99. The van der Waals surface area contributed by atoms with Gasteiger partial charge in [0.25, 0.3) is 0 Å². The van der Waals surface area contributed by atoms with Crippen LogP contribution in [0, 0.1) is 0 Å². The van der Waals surface area contributed by atoms with Crippen LogP contribution >= 0.6 is 11.6 Å². The lowest BCUT2D eigenvalue weighted by Crippen LogP contribution is -2.00. The van der Waals surface area contributed by atoms with Crippen molar-refractivity contribution in [1.82, 2.24) is 49.7 Å². The van der Waals surface area contributed by atoms with E-state index < -0.39 is 13.3 Å². The number of hydrogen-bond donors (Lipinski definition) is 1.